The van der Waals surface area contributed by atoms with Crippen molar-refractivity contribution in [1.29, 1.82) is 0 Å². The molecule has 1 aromatic heterocycles. The molecule has 3 unspecified atom stereocenters. The zero-order valence-corrected chi connectivity index (χ0v) is 10.2. The predicted octanol–water partition coefficient (Wildman–Crippen LogP) is 2.95. The van der Waals surface area contributed by atoms with Gasteiger partial charge in [0.25, 0.3) is 0 Å². The van der Waals surface area contributed by atoms with E-state index in [9.17, 15) is 0 Å². The van der Waals surface area contributed by atoms with Gasteiger partial charge in [0.2, 0.25) is 0 Å². The van der Waals surface area contributed by atoms with Gasteiger partial charge < -0.3 is 9.42 Å². The molecule has 3 atom stereocenters. The second kappa shape index (κ2) is 5.05. The number of piperidine rings is 1. The number of rotatable bonds is 3. The number of hydrogen-bond donors (Lipinski definition) is 0. The maximum absolute atomic E-state index is 5.06. The lowest BCUT2D eigenvalue weighted by Gasteiger charge is -2.35. The highest BCUT2D eigenvalue weighted by Gasteiger charge is 2.30. The Labute approximate surface area is 102 Å². The maximum atomic E-state index is 5.06. The van der Waals surface area contributed by atoms with Gasteiger partial charge >= 0.3 is 0 Å². The van der Waals surface area contributed by atoms with Crippen molar-refractivity contribution in [2.45, 2.75) is 38.1 Å². The summed E-state index contributed by atoms with van der Waals surface area (Å²) in [5.74, 6) is 1.84. The summed E-state index contributed by atoms with van der Waals surface area (Å²) in [7, 11) is 0. The van der Waals surface area contributed by atoms with Gasteiger partial charge in [0.05, 0.1) is 6.20 Å². The molecule has 3 saturated heterocycles. The molecule has 0 aromatic carbocycles. The minimum absolute atomic E-state index is 0.760. The van der Waals surface area contributed by atoms with Crippen molar-refractivity contribution < 1.29 is 4.52 Å². The third kappa shape index (κ3) is 2.60. The number of nitrogens with zero attached hydrogens (tertiary/aromatic N) is 2. The van der Waals surface area contributed by atoms with Gasteiger partial charge in [-0.15, -0.1) is 0 Å². The van der Waals surface area contributed by atoms with Crippen LogP contribution in [0.4, 0.5) is 0 Å². The zero-order chi connectivity index (χ0) is 11.5. The Kier molecular flexibility index (Phi) is 3.27. The van der Waals surface area contributed by atoms with E-state index in [1.807, 2.05) is 12.1 Å². The van der Waals surface area contributed by atoms with Crippen LogP contribution in [0.2, 0.25) is 0 Å². The van der Waals surface area contributed by atoms with E-state index in [4.69, 9.17) is 4.52 Å². The first-order valence-corrected chi connectivity index (χ1v) is 6.73. The number of fused-ring (bicyclic) bond motifs is 4. The van der Waals surface area contributed by atoms with Gasteiger partial charge in [-0.25, -0.2) is 0 Å². The summed E-state index contributed by atoms with van der Waals surface area (Å²) in [6.45, 7) is 2.61. The fraction of sp³-hybridized carbons (Fsp3) is 0.643. The van der Waals surface area contributed by atoms with Crippen LogP contribution in [-0.4, -0.2) is 29.2 Å². The molecule has 3 fully saturated rings. The standard InChI is InChI=1S/C14H20N2O/c1(5-14-6-8-15-17-14)4-13-11-12-3-2-9-16(13)10-7-12/h1,5-6,8,12-13H,2-4,7,9-11H2/b5-1+. The van der Waals surface area contributed by atoms with E-state index < -0.39 is 0 Å². The van der Waals surface area contributed by atoms with Crippen LogP contribution in [0.3, 0.4) is 0 Å². The van der Waals surface area contributed by atoms with E-state index in [1.54, 1.807) is 6.20 Å². The molecule has 0 amide bonds. The Morgan fingerprint density at radius 2 is 2.41 bits per heavy atom. The highest BCUT2D eigenvalue weighted by molar-refractivity contribution is 5.41. The Hall–Kier alpha value is -1.09. The number of hydrogen-bond acceptors (Lipinski definition) is 3. The average molecular weight is 232 g/mol. The predicted molar refractivity (Wildman–Crippen MR) is 67.5 cm³/mol. The van der Waals surface area contributed by atoms with Crippen LogP contribution in [0, 0.1) is 5.92 Å². The highest BCUT2D eigenvalue weighted by Crippen LogP contribution is 2.32. The molecule has 17 heavy (non-hydrogen) atoms. The molecule has 3 heteroatoms. The van der Waals surface area contributed by atoms with E-state index in [0.29, 0.717) is 0 Å². The van der Waals surface area contributed by atoms with Crippen molar-refractivity contribution in [3.63, 3.8) is 0 Å². The molecule has 2 bridgehead atoms. The van der Waals surface area contributed by atoms with Gasteiger partial charge in [0, 0.05) is 12.1 Å². The molecule has 92 valence electrons. The molecule has 4 rings (SSSR count). The Bertz CT molecular complexity index is 368. The molecule has 4 heterocycles. The minimum Gasteiger partial charge on any atom is -0.357 e. The first-order valence-electron chi connectivity index (χ1n) is 6.73. The molecule has 3 aliphatic rings. The topological polar surface area (TPSA) is 29.3 Å². The molecule has 3 nitrogen and oxygen atoms in total. The summed E-state index contributed by atoms with van der Waals surface area (Å²) in [6.07, 6.45) is 12.8. The summed E-state index contributed by atoms with van der Waals surface area (Å²) < 4.78 is 5.06. The lowest BCUT2D eigenvalue weighted by Crippen LogP contribution is -2.39. The lowest BCUT2D eigenvalue weighted by molar-refractivity contribution is 0.144. The van der Waals surface area contributed by atoms with Gasteiger partial charge in [0.1, 0.15) is 0 Å². The van der Waals surface area contributed by atoms with Crippen LogP contribution in [0.5, 0.6) is 0 Å². The molecule has 0 radical (unpaired) electrons. The zero-order valence-electron chi connectivity index (χ0n) is 10.2. The smallest absolute Gasteiger partial charge is 0.159 e. The van der Waals surface area contributed by atoms with E-state index in [2.05, 4.69) is 16.1 Å². The fourth-order valence-corrected chi connectivity index (χ4v) is 3.22. The molecule has 1 aromatic rings. The SMILES string of the molecule is C(=C\c1ccno1)/CC1CC2CCCN1CC2. The maximum Gasteiger partial charge on any atom is 0.159 e. The minimum atomic E-state index is 0.760. The Morgan fingerprint density at radius 1 is 1.41 bits per heavy atom. The normalized spacial score (nSPS) is 33.1. The second-order valence-corrected chi connectivity index (χ2v) is 5.28. The van der Waals surface area contributed by atoms with Gasteiger partial charge in [-0.1, -0.05) is 11.2 Å². The van der Waals surface area contributed by atoms with Gasteiger partial charge in [-0.2, -0.15) is 0 Å². The van der Waals surface area contributed by atoms with Crippen molar-refractivity contribution in [2.24, 2.45) is 5.92 Å². The van der Waals surface area contributed by atoms with Crippen LogP contribution in [0.1, 0.15) is 37.9 Å². The molecule has 0 aliphatic carbocycles. The van der Waals surface area contributed by atoms with E-state index in [-0.39, 0.29) is 0 Å². The summed E-state index contributed by atoms with van der Waals surface area (Å²) in [5, 5.41) is 3.70. The third-order valence-electron chi connectivity index (χ3n) is 4.15. The van der Waals surface area contributed by atoms with Gasteiger partial charge in [0.15, 0.2) is 5.76 Å². The van der Waals surface area contributed by atoms with Crippen LogP contribution in [0.15, 0.2) is 22.9 Å². The Balaban J connectivity index is 1.58. The van der Waals surface area contributed by atoms with E-state index >= 15 is 0 Å². The van der Waals surface area contributed by atoms with Crippen molar-refractivity contribution in [2.75, 3.05) is 13.1 Å². The summed E-state index contributed by atoms with van der Waals surface area (Å²) >= 11 is 0. The van der Waals surface area contributed by atoms with Gasteiger partial charge in [-0.05, 0) is 57.2 Å². The molecule has 0 saturated carbocycles. The molecular weight excluding hydrogens is 212 g/mol. The average Bonchev–Trinajstić information content (AvgIpc) is 2.66. The van der Waals surface area contributed by atoms with Crippen molar-refractivity contribution in [3.05, 3.63) is 24.1 Å². The van der Waals surface area contributed by atoms with Crippen molar-refractivity contribution in [3.8, 4) is 0 Å². The van der Waals surface area contributed by atoms with Gasteiger partial charge in [-0.3, -0.25) is 0 Å². The third-order valence-corrected chi connectivity index (χ3v) is 4.15. The highest BCUT2D eigenvalue weighted by atomic mass is 16.5. The first-order chi connectivity index (χ1) is 8.42. The van der Waals surface area contributed by atoms with Crippen LogP contribution in [0.25, 0.3) is 6.08 Å². The summed E-state index contributed by atoms with van der Waals surface area (Å²) in [4.78, 5) is 2.67. The molecule has 0 spiro atoms. The van der Waals surface area contributed by atoms with E-state index in [1.165, 1.54) is 38.8 Å². The number of aromatic nitrogens is 1. The summed E-state index contributed by atoms with van der Waals surface area (Å²) in [5.41, 5.74) is 0. The molecule has 3 aliphatic heterocycles. The monoisotopic (exact) mass is 232 g/mol. The van der Waals surface area contributed by atoms with Crippen LogP contribution in [-0.2, 0) is 0 Å². The largest absolute Gasteiger partial charge is 0.357 e. The fourth-order valence-electron chi connectivity index (χ4n) is 3.22. The van der Waals surface area contributed by atoms with Crippen molar-refractivity contribution in [1.82, 2.24) is 10.1 Å². The Morgan fingerprint density at radius 3 is 3.29 bits per heavy atom. The quantitative estimate of drug-likeness (QED) is 0.802. The summed E-state index contributed by atoms with van der Waals surface area (Å²) in [6, 6.07) is 2.66. The first kappa shape index (κ1) is 11.0. The van der Waals surface area contributed by atoms with E-state index in [0.717, 1.165) is 24.1 Å². The molecule has 0 N–H and O–H groups in total. The molecular formula is C14H20N2O. The van der Waals surface area contributed by atoms with Crippen molar-refractivity contribution >= 4 is 6.08 Å². The second-order valence-electron chi connectivity index (χ2n) is 5.28. The lowest BCUT2D eigenvalue weighted by atomic mass is 9.89. The van der Waals surface area contributed by atoms with Crippen LogP contribution < -0.4 is 0 Å². The van der Waals surface area contributed by atoms with Crippen LogP contribution >= 0.6 is 0 Å².